The fraction of sp³-hybridized carbons (Fsp3) is 0.889. The van der Waals surface area contributed by atoms with Gasteiger partial charge in [-0.05, 0) is 13.3 Å². The van der Waals surface area contributed by atoms with Crippen LogP contribution in [0.2, 0.25) is 0 Å². The molecule has 0 N–H and O–H groups in total. The van der Waals surface area contributed by atoms with Gasteiger partial charge in [-0.2, -0.15) is 0 Å². The molecule has 3 heteroatoms. The van der Waals surface area contributed by atoms with E-state index in [0.717, 1.165) is 13.0 Å². The number of rotatable bonds is 4. The first-order chi connectivity index (χ1) is 5.74. The molecule has 2 atom stereocenters. The second-order valence-corrected chi connectivity index (χ2v) is 3.28. The van der Waals surface area contributed by atoms with Crippen LogP contribution in [-0.4, -0.2) is 32.2 Å². The average molecular weight is 172 g/mol. The van der Waals surface area contributed by atoms with Crippen LogP contribution in [0.25, 0.3) is 0 Å². The van der Waals surface area contributed by atoms with Crippen molar-refractivity contribution in [3.05, 3.63) is 0 Å². The van der Waals surface area contributed by atoms with E-state index in [0.29, 0.717) is 13.0 Å². The first-order valence-electron chi connectivity index (χ1n) is 4.37. The highest BCUT2D eigenvalue weighted by Gasteiger charge is 2.24. The molecule has 0 spiro atoms. The van der Waals surface area contributed by atoms with Gasteiger partial charge < -0.3 is 9.47 Å². The molecule has 0 bridgehead atoms. The smallest absolute Gasteiger partial charge is 0.140 e. The summed E-state index contributed by atoms with van der Waals surface area (Å²) in [6.07, 6.45) is 1.44. The number of carbonyl (C=O) groups is 1. The van der Waals surface area contributed by atoms with Crippen molar-refractivity contribution in [1.29, 1.82) is 0 Å². The number of ketones is 1. The lowest BCUT2D eigenvalue weighted by Crippen LogP contribution is -2.20. The molecule has 1 aliphatic rings. The molecule has 1 fully saturated rings. The first kappa shape index (κ1) is 9.68. The SMILES string of the molecule is COC(C)CC(=O)C1CCOC1. The van der Waals surface area contributed by atoms with Gasteiger partial charge in [0.25, 0.3) is 0 Å². The molecule has 2 unspecified atom stereocenters. The Morgan fingerprint density at radius 3 is 3.00 bits per heavy atom. The Morgan fingerprint density at radius 1 is 1.75 bits per heavy atom. The van der Waals surface area contributed by atoms with Crippen molar-refractivity contribution >= 4 is 5.78 Å². The van der Waals surface area contributed by atoms with Crippen molar-refractivity contribution in [3.63, 3.8) is 0 Å². The van der Waals surface area contributed by atoms with E-state index in [1.807, 2.05) is 6.92 Å². The predicted molar refractivity (Wildman–Crippen MR) is 45.0 cm³/mol. The zero-order chi connectivity index (χ0) is 8.97. The summed E-state index contributed by atoms with van der Waals surface area (Å²) in [6.45, 7) is 3.25. The van der Waals surface area contributed by atoms with Crippen molar-refractivity contribution in [1.82, 2.24) is 0 Å². The summed E-state index contributed by atoms with van der Waals surface area (Å²) in [5.74, 6) is 0.407. The summed E-state index contributed by atoms with van der Waals surface area (Å²) >= 11 is 0. The molecule has 1 aliphatic heterocycles. The molecule has 0 aromatic heterocycles. The lowest BCUT2D eigenvalue weighted by atomic mass is 9.99. The van der Waals surface area contributed by atoms with E-state index >= 15 is 0 Å². The van der Waals surface area contributed by atoms with Crippen LogP contribution in [0, 0.1) is 5.92 Å². The Bertz CT molecular complexity index is 150. The maximum absolute atomic E-state index is 11.5. The number of Topliss-reactive ketones (excluding diaryl/α,β-unsaturated/α-hetero) is 1. The van der Waals surface area contributed by atoms with E-state index in [1.54, 1.807) is 7.11 Å². The fourth-order valence-electron chi connectivity index (χ4n) is 1.32. The maximum Gasteiger partial charge on any atom is 0.140 e. The van der Waals surface area contributed by atoms with Gasteiger partial charge in [-0.25, -0.2) is 0 Å². The van der Waals surface area contributed by atoms with E-state index in [4.69, 9.17) is 9.47 Å². The Hall–Kier alpha value is -0.410. The highest BCUT2D eigenvalue weighted by molar-refractivity contribution is 5.81. The van der Waals surface area contributed by atoms with Crippen molar-refractivity contribution in [3.8, 4) is 0 Å². The lowest BCUT2D eigenvalue weighted by molar-refractivity contribution is -0.125. The van der Waals surface area contributed by atoms with Crippen molar-refractivity contribution in [2.24, 2.45) is 5.92 Å². The first-order valence-corrected chi connectivity index (χ1v) is 4.37. The van der Waals surface area contributed by atoms with Gasteiger partial charge in [0.1, 0.15) is 5.78 Å². The second kappa shape index (κ2) is 4.58. The molecule has 3 nitrogen and oxygen atoms in total. The van der Waals surface area contributed by atoms with E-state index in [2.05, 4.69) is 0 Å². The summed E-state index contributed by atoms with van der Waals surface area (Å²) in [5.41, 5.74) is 0. The molecule has 0 aromatic carbocycles. The molecule has 0 amide bonds. The number of ether oxygens (including phenoxy) is 2. The number of hydrogen-bond acceptors (Lipinski definition) is 3. The third kappa shape index (κ3) is 2.57. The summed E-state index contributed by atoms with van der Waals surface area (Å²) in [7, 11) is 1.63. The van der Waals surface area contributed by atoms with Gasteiger partial charge in [0.05, 0.1) is 12.7 Å². The molecular formula is C9H16O3. The summed E-state index contributed by atoms with van der Waals surface area (Å²) in [6, 6.07) is 0. The Kier molecular flexibility index (Phi) is 3.69. The zero-order valence-corrected chi connectivity index (χ0v) is 7.71. The van der Waals surface area contributed by atoms with Crippen LogP contribution in [0.1, 0.15) is 19.8 Å². The lowest BCUT2D eigenvalue weighted by Gasteiger charge is -2.10. The van der Waals surface area contributed by atoms with Crippen LogP contribution >= 0.6 is 0 Å². The van der Waals surface area contributed by atoms with E-state index < -0.39 is 0 Å². The number of hydrogen-bond donors (Lipinski definition) is 0. The molecule has 0 aliphatic carbocycles. The molecular weight excluding hydrogens is 156 g/mol. The molecule has 0 saturated carbocycles. The predicted octanol–water partition coefficient (Wildman–Crippen LogP) is 1.02. The largest absolute Gasteiger partial charge is 0.381 e. The minimum atomic E-state index is 0.0399. The minimum absolute atomic E-state index is 0.0399. The van der Waals surface area contributed by atoms with Gasteiger partial charge in [-0.15, -0.1) is 0 Å². The van der Waals surface area contributed by atoms with Crippen LogP contribution < -0.4 is 0 Å². The van der Waals surface area contributed by atoms with Crippen LogP contribution in [-0.2, 0) is 14.3 Å². The van der Waals surface area contributed by atoms with Gasteiger partial charge in [0.2, 0.25) is 0 Å². The van der Waals surface area contributed by atoms with Crippen LogP contribution in [0.3, 0.4) is 0 Å². The molecule has 12 heavy (non-hydrogen) atoms. The van der Waals surface area contributed by atoms with E-state index in [1.165, 1.54) is 0 Å². The Labute approximate surface area is 73.0 Å². The van der Waals surface area contributed by atoms with Crippen molar-refractivity contribution in [2.45, 2.75) is 25.9 Å². The summed E-state index contributed by atoms with van der Waals surface area (Å²) in [4.78, 5) is 11.5. The monoisotopic (exact) mass is 172 g/mol. The van der Waals surface area contributed by atoms with Crippen LogP contribution in [0.15, 0.2) is 0 Å². The molecule has 1 heterocycles. The quantitative estimate of drug-likeness (QED) is 0.635. The third-order valence-electron chi connectivity index (χ3n) is 2.28. The molecule has 1 rings (SSSR count). The van der Waals surface area contributed by atoms with Gasteiger partial charge in [-0.1, -0.05) is 0 Å². The fourth-order valence-corrected chi connectivity index (χ4v) is 1.32. The molecule has 1 saturated heterocycles. The van der Waals surface area contributed by atoms with Gasteiger partial charge in [0.15, 0.2) is 0 Å². The molecule has 0 radical (unpaired) electrons. The van der Waals surface area contributed by atoms with Crippen molar-refractivity contribution < 1.29 is 14.3 Å². The molecule has 70 valence electrons. The normalized spacial score (nSPS) is 25.7. The average Bonchev–Trinajstić information content (AvgIpc) is 2.56. The molecule has 0 aromatic rings. The second-order valence-electron chi connectivity index (χ2n) is 3.28. The van der Waals surface area contributed by atoms with Gasteiger partial charge >= 0.3 is 0 Å². The zero-order valence-electron chi connectivity index (χ0n) is 7.71. The Balaban J connectivity index is 2.27. The summed E-state index contributed by atoms with van der Waals surface area (Å²) in [5, 5.41) is 0. The summed E-state index contributed by atoms with van der Waals surface area (Å²) < 4.78 is 10.2. The number of methoxy groups -OCH3 is 1. The third-order valence-corrected chi connectivity index (χ3v) is 2.28. The standard InChI is InChI=1S/C9H16O3/c1-7(11-2)5-9(10)8-3-4-12-6-8/h7-8H,3-6H2,1-2H3. The van der Waals surface area contributed by atoms with Crippen LogP contribution in [0.4, 0.5) is 0 Å². The van der Waals surface area contributed by atoms with E-state index in [-0.39, 0.29) is 17.8 Å². The van der Waals surface area contributed by atoms with E-state index in [9.17, 15) is 4.79 Å². The maximum atomic E-state index is 11.5. The minimum Gasteiger partial charge on any atom is -0.381 e. The van der Waals surface area contributed by atoms with Gasteiger partial charge in [-0.3, -0.25) is 4.79 Å². The number of carbonyl (C=O) groups excluding carboxylic acids is 1. The van der Waals surface area contributed by atoms with Crippen molar-refractivity contribution in [2.75, 3.05) is 20.3 Å². The van der Waals surface area contributed by atoms with Gasteiger partial charge in [0, 0.05) is 26.1 Å². The van der Waals surface area contributed by atoms with Crippen LogP contribution in [0.5, 0.6) is 0 Å². The Morgan fingerprint density at radius 2 is 2.50 bits per heavy atom. The topological polar surface area (TPSA) is 35.5 Å². The highest BCUT2D eigenvalue weighted by Crippen LogP contribution is 2.16. The highest BCUT2D eigenvalue weighted by atomic mass is 16.5.